The van der Waals surface area contributed by atoms with E-state index in [-0.39, 0.29) is 11.6 Å². The van der Waals surface area contributed by atoms with E-state index < -0.39 is 0 Å². The SMILES string of the molecule is CC(=N)c1c(-c2ccc(F)cc2)oc2cc(C)c(-c3ccc4c(n3)-c3cc5c(F)cccc5n3CCC4)cc12. The van der Waals surface area contributed by atoms with Gasteiger partial charge in [0.15, 0.2) is 0 Å². The molecule has 0 fully saturated rings. The van der Waals surface area contributed by atoms with E-state index in [0.717, 1.165) is 69.6 Å². The van der Waals surface area contributed by atoms with Crippen LogP contribution in [0.25, 0.3) is 55.8 Å². The summed E-state index contributed by atoms with van der Waals surface area (Å²) in [6, 6.07) is 21.5. The number of nitrogens with zero attached hydrogens (tertiary/aromatic N) is 2. The van der Waals surface area contributed by atoms with Crippen LogP contribution in [-0.2, 0) is 13.0 Å². The van der Waals surface area contributed by atoms with Gasteiger partial charge in [-0.1, -0.05) is 12.1 Å². The molecule has 7 rings (SSSR count). The Kier molecular flexibility index (Phi) is 5.27. The third kappa shape index (κ3) is 3.70. The first-order valence-corrected chi connectivity index (χ1v) is 13.1. The number of nitrogens with one attached hydrogen (secondary N) is 1. The van der Waals surface area contributed by atoms with Crippen LogP contribution in [-0.4, -0.2) is 15.3 Å². The fraction of sp³-hybridized carbons (Fsp3) is 0.152. The van der Waals surface area contributed by atoms with Gasteiger partial charge >= 0.3 is 0 Å². The summed E-state index contributed by atoms with van der Waals surface area (Å²) in [4.78, 5) is 5.16. The molecule has 3 aromatic heterocycles. The first kappa shape index (κ1) is 23.5. The quantitative estimate of drug-likeness (QED) is 0.239. The third-order valence-corrected chi connectivity index (χ3v) is 7.73. The first-order valence-electron chi connectivity index (χ1n) is 13.1. The van der Waals surface area contributed by atoms with Gasteiger partial charge in [-0.2, -0.15) is 0 Å². The molecule has 0 radical (unpaired) electrons. The van der Waals surface area contributed by atoms with Crippen LogP contribution in [0.3, 0.4) is 0 Å². The van der Waals surface area contributed by atoms with E-state index >= 15 is 0 Å². The molecule has 0 saturated carbocycles. The maximum atomic E-state index is 14.7. The summed E-state index contributed by atoms with van der Waals surface area (Å²) in [5.74, 6) is 0.00574. The summed E-state index contributed by atoms with van der Waals surface area (Å²) < 4.78 is 36.7. The maximum absolute atomic E-state index is 14.7. The van der Waals surface area contributed by atoms with Crippen LogP contribution in [0.4, 0.5) is 8.78 Å². The average Bonchev–Trinajstić information content (AvgIpc) is 3.42. The van der Waals surface area contributed by atoms with Crippen molar-refractivity contribution >= 4 is 27.6 Å². The fourth-order valence-electron chi connectivity index (χ4n) is 5.87. The Bertz CT molecular complexity index is 1950. The number of fused-ring (bicyclic) bond motifs is 6. The molecule has 1 aliphatic heterocycles. The number of hydrogen-bond acceptors (Lipinski definition) is 3. The molecule has 192 valence electrons. The number of pyridine rings is 1. The van der Waals surface area contributed by atoms with E-state index in [1.807, 2.05) is 37.3 Å². The lowest BCUT2D eigenvalue weighted by Gasteiger charge is -2.12. The van der Waals surface area contributed by atoms with E-state index in [0.29, 0.717) is 28.0 Å². The molecule has 3 aromatic carbocycles. The smallest absolute Gasteiger partial charge is 0.144 e. The Morgan fingerprint density at radius 1 is 0.974 bits per heavy atom. The molecule has 0 spiro atoms. The topological polar surface area (TPSA) is 54.8 Å². The van der Waals surface area contributed by atoms with Gasteiger partial charge in [-0.05, 0) is 98.5 Å². The summed E-state index contributed by atoms with van der Waals surface area (Å²) in [6.07, 6.45) is 1.86. The summed E-state index contributed by atoms with van der Waals surface area (Å²) >= 11 is 0. The summed E-state index contributed by atoms with van der Waals surface area (Å²) in [5, 5.41) is 9.94. The second-order valence-electron chi connectivity index (χ2n) is 10.3. The van der Waals surface area contributed by atoms with Crippen molar-refractivity contribution in [1.82, 2.24) is 9.55 Å². The number of aryl methyl sites for hydroxylation is 3. The molecule has 0 aliphatic carbocycles. The van der Waals surface area contributed by atoms with Crippen molar-refractivity contribution in [1.29, 1.82) is 5.41 Å². The molecule has 0 atom stereocenters. The Balaban J connectivity index is 1.42. The van der Waals surface area contributed by atoms with Gasteiger partial charge in [-0.25, -0.2) is 13.8 Å². The zero-order valence-corrected chi connectivity index (χ0v) is 21.6. The minimum absolute atomic E-state index is 0.224. The number of furan rings is 1. The summed E-state index contributed by atoms with van der Waals surface area (Å²) in [6.45, 7) is 4.56. The number of benzene rings is 3. The van der Waals surface area contributed by atoms with Crippen molar-refractivity contribution in [3.05, 3.63) is 101 Å². The molecule has 0 saturated heterocycles. The second-order valence-corrected chi connectivity index (χ2v) is 10.3. The highest BCUT2D eigenvalue weighted by molar-refractivity contribution is 6.13. The number of aromatic nitrogens is 2. The Morgan fingerprint density at radius 2 is 1.79 bits per heavy atom. The van der Waals surface area contributed by atoms with E-state index in [9.17, 15) is 8.78 Å². The Labute approximate surface area is 224 Å². The molecule has 6 heteroatoms. The van der Waals surface area contributed by atoms with Crippen LogP contribution in [0.15, 0.2) is 77.2 Å². The van der Waals surface area contributed by atoms with Crippen LogP contribution in [0.2, 0.25) is 0 Å². The second kappa shape index (κ2) is 8.73. The molecule has 39 heavy (non-hydrogen) atoms. The Morgan fingerprint density at radius 3 is 2.59 bits per heavy atom. The molecule has 0 bridgehead atoms. The molecule has 4 nitrogen and oxygen atoms in total. The molecule has 1 N–H and O–H groups in total. The van der Waals surface area contributed by atoms with Crippen molar-refractivity contribution in [3.63, 3.8) is 0 Å². The fourth-order valence-corrected chi connectivity index (χ4v) is 5.87. The average molecular weight is 518 g/mol. The van der Waals surface area contributed by atoms with Gasteiger partial charge < -0.3 is 14.4 Å². The Hall–Kier alpha value is -4.58. The molecule has 0 amide bonds. The standard InChI is InChI=1S/C33H25F2N3O/c1-18-15-30-25(31(19(2)36)33(39-30)21-8-11-22(34)12-9-21)16-23(18)27-13-10-20-5-4-14-38-28-7-3-6-26(35)24(28)17-29(38)32(20)37-27/h3,6-13,15-17,36H,4-5,14H2,1-2H3. The van der Waals surface area contributed by atoms with E-state index in [2.05, 4.69) is 10.6 Å². The molecule has 0 unspecified atom stereocenters. The van der Waals surface area contributed by atoms with Crippen molar-refractivity contribution in [2.45, 2.75) is 33.2 Å². The van der Waals surface area contributed by atoms with Crippen LogP contribution in [0.1, 0.15) is 30.0 Å². The van der Waals surface area contributed by atoms with Crippen molar-refractivity contribution in [2.75, 3.05) is 0 Å². The lowest BCUT2D eigenvalue weighted by molar-refractivity contribution is 0.623. The van der Waals surface area contributed by atoms with Crippen molar-refractivity contribution in [2.24, 2.45) is 0 Å². The van der Waals surface area contributed by atoms with Crippen molar-refractivity contribution < 1.29 is 13.2 Å². The van der Waals surface area contributed by atoms with Crippen LogP contribution in [0.5, 0.6) is 0 Å². The van der Waals surface area contributed by atoms with E-state index in [4.69, 9.17) is 14.8 Å². The zero-order valence-electron chi connectivity index (χ0n) is 21.6. The maximum Gasteiger partial charge on any atom is 0.144 e. The zero-order chi connectivity index (χ0) is 26.8. The van der Waals surface area contributed by atoms with Gasteiger partial charge in [0.05, 0.1) is 22.6 Å². The molecular formula is C33H25F2N3O. The van der Waals surface area contributed by atoms with Gasteiger partial charge in [0.2, 0.25) is 0 Å². The molecular weight excluding hydrogens is 492 g/mol. The normalized spacial score (nSPS) is 12.9. The van der Waals surface area contributed by atoms with Crippen LogP contribution in [0, 0.1) is 24.0 Å². The number of hydrogen-bond donors (Lipinski definition) is 1. The molecule has 1 aliphatic rings. The van der Waals surface area contributed by atoms with Crippen molar-refractivity contribution in [3.8, 4) is 34.0 Å². The monoisotopic (exact) mass is 517 g/mol. The van der Waals surface area contributed by atoms with Crippen LogP contribution < -0.4 is 0 Å². The first-order chi connectivity index (χ1) is 18.9. The highest BCUT2D eigenvalue weighted by Crippen LogP contribution is 2.39. The lowest BCUT2D eigenvalue weighted by Crippen LogP contribution is -1.99. The largest absolute Gasteiger partial charge is 0.455 e. The number of halogens is 2. The minimum Gasteiger partial charge on any atom is -0.455 e. The summed E-state index contributed by atoms with van der Waals surface area (Å²) in [5.41, 5.74) is 9.03. The van der Waals surface area contributed by atoms with E-state index in [1.165, 1.54) is 18.2 Å². The minimum atomic E-state index is -0.322. The molecule has 6 aromatic rings. The predicted molar refractivity (Wildman–Crippen MR) is 151 cm³/mol. The van der Waals surface area contributed by atoms with Gasteiger partial charge in [-0.15, -0.1) is 0 Å². The molecule has 4 heterocycles. The van der Waals surface area contributed by atoms with Gasteiger partial charge in [0.1, 0.15) is 23.0 Å². The highest BCUT2D eigenvalue weighted by Gasteiger charge is 2.23. The van der Waals surface area contributed by atoms with Gasteiger partial charge in [0.25, 0.3) is 0 Å². The van der Waals surface area contributed by atoms with Crippen LogP contribution >= 0.6 is 0 Å². The number of rotatable bonds is 3. The van der Waals surface area contributed by atoms with Gasteiger partial charge in [-0.3, -0.25) is 0 Å². The van der Waals surface area contributed by atoms with Gasteiger partial charge in [0, 0.05) is 39.7 Å². The predicted octanol–water partition coefficient (Wildman–Crippen LogP) is 8.70. The summed E-state index contributed by atoms with van der Waals surface area (Å²) in [7, 11) is 0. The lowest BCUT2D eigenvalue weighted by atomic mass is 9.96. The third-order valence-electron chi connectivity index (χ3n) is 7.73. The highest BCUT2D eigenvalue weighted by atomic mass is 19.1. The van der Waals surface area contributed by atoms with E-state index in [1.54, 1.807) is 25.1 Å².